The van der Waals surface area contributed by atoms with Crippen molar-refractivity contribution in [1.82, 2.24) is 19.6 Å². The van der Waals surface area contributed by atoms with Gasteiger partial charge in [-0.15, -0.1) is 0 Å². The second kappa shape index (κ2) is 7.69. The van der Waals surface area contributed by atoms with Crippen LogP contribution in [-0.4, -0.2) is 31.3 Å². The Kier molecular flexibility index (Phi) is 4.94. The first-order chi connectivity index (χ1) is 13.6. The van der Waals surface area contributed by atoms with Crippen LogP contribution in [0.5, 0.6) is 5.75 Å². The second-order valence-electron chi connectivity index (χ2n) is 6.09. The van der Waals surface area contributed by atoms with Gasteiger partial charge in [-0.1, -0.05) is 54.2 Å². The second-order valence-corrected chi connectivity index (χ2v) is 7.03. The van der Waals surface area contributed by atoms with Crippen molar-refractivity contribution in [3.63, 3.8) is 0 Å². The highest BCUT2D eigenvalue weighted by molar-refractivity contribution is 7.99. The number of aromatic nitrogens is 4. The fraction of sp³-hybridized carbons (Fsp3) is 0.100. The molecule has 2 aromatic heterocycles. The lowest BCUT2D eigenvalue weighted by molar-refractivity contribution is -0.131. The Balaban J connectivity index is 1.59. The number of nitrogens with zero attached hydrogens (tertiary/aromatic N) is 3. The van der Waals surface area contributed by atoms with Gasteiger partial charge in [0.25, 0.3) is 5.56 Å². The van der Waals surface area contributed by atoms with Gasteiger partial charge in [0.1, 0.15) is 5.75 Å². The summed E-state index contributed by atoms with van der Waals surface area (Å²) in [5, 5.41) is 3.10. The smallest absolute Gasteiger partial charge is 0.321 e. The number of carbonyl (C=O) groups excluding carboxylic acids is 1. The molecule has 0 amide bonds. The van der Waals surface area contributed by atoms with E-state index in [2.05, 4.69) is 15.1 Å². The number of aryl methyl sites for hydroxylation is 1. The van der Waals surface area contributed by atoms with E-state index in [4.69, 9.17) is 4.74 Å². The number of benzene rings is 2. The standard InChI is InChI=1S/C20H16N4O3S/c1-13-6-5-9-15(10-13)27-18(26)12-28-20-22-19(14-7-3-2-4-8-14)21-16-11-17(25)23-24(16)20/h2-11H,12H2,1H3,(H,23,25). The van der Waals surface area contributed by atoms with E-state index in [1.54, 1.807) is 12.1 Å². The van der Waals surface area contributed by atoms with Crippen LogP contribution in [-0.2, 0) is 4.79 Å². The van der Waals surface area contributed by atoms with Crippen molar-refractivity contribution in [1.29, 1.82) is 0 Å². The molecule has 4 aromatic rings. The van der Waals surface area contributed by atoms with Crippen LogP contribution in [0.3, 0.4) is 0 Å². The van der Waals surface area contributed by atoms with E-state index in [9.17, 15) is 9.59 Å². The summed E-state index contributed by atoms with van der Waals surface area (Å²) in [4.78, 5) is 32.9. The van der Waals surface area contributed by atoms with Gasteiger partial charge in [0, 0.05) is 11.6 Å². The predicted octanol–water partition coefficient (Wildman–Crippen LogP) is 3.09. The van der Waals surface area contributed by atoms with Crippen molar-refractivity contribution in [3.05, 3.63) is 76.6 Å². The average molecular weight is 392 g/mol. The molecule has 140 valence electrons. The van der Waals surface area contributed by atoms with Crippen LogP contribution in [0.15, 0.2) is 70.6 Å². The van der Waals surface area contributed by atoms with Crippen LogP contribution in [0.2, 0.25) is 0 Å². The number of nitrogens with one attached hydrogen (secondary N) is 1. The lowest BCUT2D eigenvalue weighted by atomic mass is 10.2. The van der Waals surface area contributed by atoms with Crippen molar-refractivity contribution in [2.24, 2.45) is 0 Å². The summed E-state index contributed by atoms with van der Waals surface area (Å²) in [7, 11) is 0. The van der Waals surface area contributed by atoms with Crippen LogP contribution in [0.4, 0.5) is 0 Å². The molecule has 0 aliphatic heterocycles. The van der Waals surface area contributed by atoms with Gasteiger partial charge in [-0.2, -0.15) is 0 Å². The lowest BCUT2D eigenvalue weighted by Gasteiger charge is -2.08. The van der Waals surface area contributed by atoms with Gasteiger partial charge in [-0.3, -0.25) is 14.7 Å². The van der Waals surface area contributed by atoms with Crippen LogP contribution in [0.1, 0.15) is 5.56 Å². The lowest BCUT2D eigenvalue weighted by Crippen LogP contribution is -2.12. The molecule has 2 heterocycles. The number of H-pyrrole nitrogens is 1. The summed E-state index contributed by atoms with van der Waals surface area (Å²) in [5.41, 5.74) is 1.98. The van der Waals surface area contributed by atoms with E-state index in [0.717, 1.165) is 11.1 Å². The third kappa shape index (κ3) is 3.96. The molecule has 8 heteroatoms. The number of thioether (sulfide) groups is 1. The van der Waals surface area contributed by atoms with Crippen LogP contribution < -0.4 is 10.3 Å². The van der Waals surface area contributed by atoms with Crippen LogP contribution in [0, 0.1) is 6.92 Å². The number of esters is 1. The molecule has 0 atom stereocenters. The summed E-state index contributed by atoms with van der Waals surface area (Å²) in [5.74, 6) is 0.610. The summed E-state index contributed by atoms with van der Waals surface area (Å²) in [6, 6.07) is 18.1. The van der Waals surface area contributed by atoms with Crippen molar-refractivity contribution < 1.29 is 9.53 Å². The molecule has 2 aromatic carbocycles. The zero-order valence-electron chi connectivity index (χ0n) is 15.0. The molecular formula is C20H16N4O3S. The number of rotatable bonds is 5. The van der Waals surface area contributed by atoms with Crippen LogP contribution >= 0.6 is 11.8 Å². The Morgan fingerprint density at radius 2 is 1.93 bits per heavy atom. The summed E-state index contributed by atoms with van der Waals surface area (Å²) in [6.07, 6.45) is 0. The molecule has 0 saturated carbocycles. The van der Waals surface area contributed by atoms with E-state index < -0.39 is 5.97 Å². The Morgan fingerprint density at radius 3 is 2.71 bits per heavy atom. The van der Waals surface area contributed by atoms with Crippen molar-refractivity contribution in [3.8, 4) is 17.1 Å². The normalized spacial score (nSPS) is 10.9. The number of fused-ring (bicyclic) bond motifs is 1. The number of ether oxygens (including phenoxy) is 1. The highest BCUT2D eigenvalue weighted by Gasteiger charge is 2.14. The van der Waals surface area contributed by atoms with Gasteiger partial charge >= 0.3 is 5.97 Å². The van der Waals surface area contributed by atoms with E-state index in [-0.39, 0.29) is 11.3 Å². The topological polar surface area (TPSA) is 89.3 Å². The molecule has 28 heavy (non-hydrogen) atoms. The maximum atomic E-state index is 12.2. The molecule has 0 spiro atoms. The molecule has 4 rings (SSSR count). The third-order valence-corrected chi connectivity index (χ3v) is 4.81. The largest absolute Gasteiger partial charge is 0.426 e. The molecule has 0 radical (unpaired) electrons. The van der Waals surface area contributed by atoms with Crippen molar-refractivity contribution in [2.45, 2.75) is 12.1 Å². The maximum Gasteiger partial charge on any atom is 0.321 e. The van der Waals surface area contributed by atoms with Crippen LogP contribution in [0.25, 0.3) is 17.0 Å². The molecular weight excluding hydrogens is 376 g/mol. The zero-order valence-corrected chi connectivity index (χ0v) is 15.8. The van der Waals surface area contributed by atoms with Gasteiger partial charge in [0.05, 0.1) is 5.75 Å². The quantitative estimate of drug-likeness (QED) is 0.319. The average Bonchev–Trinajstić information content (AvgIpc) is 3.07. The Hall–Kier alpha value is -3.39. The highest BCUT2D eigenvalue weighted by atomic mass is 32.2. The molecule has 0 bridgehead atoms. The molecule has 0 aliphatic carbocycles. The molecule has 0 unspecified atom stereocenters. The Morgan fingerprint density at radius 1 is 1.11 bits per heavy atom. The molecule has 0 fully saturated rings. The van der Waals surface area contributed by atoms with Gasteiger partial charge in [-0.25, -0.2) is 14.5 Å². The number of hydrogen-bond acceptors (Lipinski definition) is 6. The van der Waals surface area contributed by atoms with E-state index in [0.29, 0.717) is 22.4 Å². The number of hydrogen-bond donors (Lipinski definition) is 1. The minimum Gasteiger partial charge on any atom is -0.426 e. The fourth-order valence-corrected chi connectivity index (χ4v) is 3.39. The zero-order chi connectivity index (χ0) is 19.5. The van der Waals surface area contributed by atoms with Gasteiger partial charge in [0.2, 0.25) is 0 Å². The van der Waals surface area contributed by atoms with Crippen molar-refractivity contribution >= 4 is 23.4 Å². The summed E-state index contributed by atoms with van der Waals surface area (Å²) in [6.45, 7) is 1.93. The molecule has 0 saturated heterocycles. The van der Waals surface area contributed by atoms with E-state index in [1.165, 1.54) is 22.3 Å². The first-order valence-electron chi connectivity index (χ1n) is 8.54. The third-order valence-electron chi connectivity index (χ3n) is 3.90. The SMILES string of the molecule is Cc1cccc(OC(=O)CSc2nc(-c3ccccc3)nc3cc(=O)[nH]n23)c1. The fourth-order valence-electron chi connectivity index (χ4n) is 2.66. The maximum absolute atomic E-state index is 12.2. The number of carbonyl (C=O) groups is 1. The van der Waals surface area contributed by atoms with E-state index in [1.807, 2.05) is 49.4 Å². The minimum atomic E-state index is -0.405. The predicted molar refractivity (Wildman–Crippen MR) is 107 cm³/mol. The molecule has 1 N–H and O–H groups in total. The molecule has 0 aliphatic rings. The van der Waals surface area contributed by atoms with Gasteiger partial charge < -0.3 is 4.74 Å². The van der Waals surface area contributed by atoms with Gasteiger partial charge in [-0.05, 0) is 24.6 Å². The first kappa shape index (κ1) is 18.0. The van der Waals surface area contributed by atoms with Gasteiger partial charge in [0.15, 0.2) is 16.6 Å². The summed E-state index contributed by atoms with van der Waals surface area (Å²) < 4.78 is 6.84. The van der Waals surface area contributed by atoms with Crippen molar-refractivity contribution in [2.75, 3.05) is 5.75 Å². The summed E-state index contributed by atoms with van der Waals surface area (Å²) >= 11 is 1.17. The minimum absolute atomic E-state index is 0.0362. The molecule has 7 nitrogen and oxygen atoms in total. The highest BCUT2D eigenvalue weighted by Crippen LogP contribution is 2.22. The van der Waals surface area contributed by atoms with E-state index >= 15 is 0 Å². The first-order valence-corrected chi connectivity index (χ1v) is 9.52. The Labute approximate surface area is 164 Å². The Bertz CT molecular complexity index is 1200. The monoisotopic (exact) mass is 392 g/mol. The number of aromatic amines is 1.